The van der Waals surface area contributed by atoms with Crippen LogP contribution < -0.4 is 10.1 Å². The van der Waals surface area contributed by atoms with Crippen LogP contribution in [0.3, 0.4) is 0 Å². The molecule has 1 aliphatic heterocycles. The van der Waals surface area contributed by atoms with E-state index in [1.165, 1.54) is 5.56 Å². The largest absolute Gasteiger partial charge is 0.497 e. The van der Waals surface area contributed by atoms with E-state index in [1.54, 1.807) is 31.4 Å². The molecule has 0 saturated carbocycles. The summed E-state index contributed by atoms with van der Waals surface area (Å²) < 4.78 is 7.35. The lowest BCUT2D eigenvalue weighted by molar-refractivity contribution is 0.0954. The highest BCUT2D eigenvalue weighted by Crippen LogP contribution is 2.17. The first-order chi connectivity index (χ1) is 16.7. The van der Waals surface area contributed by atoms with Crippen molar-refractivity contribution >= 4 is 16.8 Å². The zero-order valence-corrected chi connectivity index (χ0v) is 19.3. The van der Waals surface area contributed by atoms with E-state index in [9.17, 15) is 4.79 Å². The Morgan fingerprint density at radius 2 is 1.94 bits per heavy atom. The summed E-state index contributed by atoms with van der Waals surface area (Å²) in [4.78, 5) is 19.3. The second-order valence-electron chi connectivity index (χ2n) is 8.48. The minimum atomic E-state index is -0.102. The third-order valence-electron chi connectivity index (χ3n) is 6.26. The molecule has 0 saturated heterocycles. The smallest absolute Gasteiger partial charge is 0.251 e. The third kappa shape index (κ3) is 4.92. The number of amides is 1. The van der Waals surface area contributed by atoms with Crippen LogP contribution in [0.25, 0.3) is 10.9 Å². The fraction of sp³-hybridized carbons (Fsp3) is 0.308. The molecule has 0 atom stereocenters. The molecule has 5 rings (SSSR count). The first-order valence-corrected chi connectivity index (χ1v) is 11.6. The van der Waals surface area contributed by atoms with Crippen molar-refractivity contribution in [3.05, 3.63) is 83.6 Å². The molecule has 0 radical (unpaired) electrons. The van der Waals surface area contributed by atoms with Gasteiger partial charge in [0, 0.05) is 62.7 Å². The predicted octanol–water partition coefficient (Wildman–Crippen LogP) is 2.87. The maximum absolute atomic E-state index is 12.4. The Kier molecular flexibility index (Phi) is 6.49. The van der Waals surface area contributed by atoms with E-state index in [2.05, 4.69) is 54.2 Å². The first kappa shape index (κ1) is 22.0. The van der Waals surface area contributed by atoms with E-state index >= 15 is 0 Å². The molecule has 4 aromatic rings. The van der Waals surface area contributed by atoms with Crippen LogP contribution >= 0.6 is 0 Å². The average Bonchev–Trinajstić information content (AvgIpc) is 3.15. The first-order valence-electron chi connectivity index (χ1n) is 11.6. The normalized spacial score (nSPS) is 13.9. The van der Waals surface area contributed by atoms with Gasteiger partial charge in [-0.25, -0.2) is 0 Å². The molecule has 0 bridgehead atoms. The molecule has 8 heteroatoms. The van der Waals surface area contributed by atoms with Crippen molar-refractivity contribution in [3.8, 4) is 5.75 Å². The third-order valence-corrected chi connectivity index (χ3v) is 6.26. The molecule has 3 heterocycles. The molecule has 1 amide bonds. The molecule has 1 N–H and O–H groups in total. The summed E-state index contributed by atoms with van der Waals surface area (Å²) in [6.45, 7) is 4.11. The molecule has 0 fully saturated rings. The molecule has 1 aliphatic rings. The minimum absolute atomic E-state index is 0.102. The fourth-order valence-electron chi connectivity index (χ4n) is 4.37. The summed E-state index contributed by atoms with van der Waals surface area (Å²) in [6.07, 6.45) is 3.34. The summed E-state index contributed by atoms with van der Waals surface area (Å²) in [5, 5.41) is 13.0. The maximum atomic E-state index is 12.4. The van der Waals surface area contributed by atoms with Gasteiger partial charge < -0.3 is 14.6 Å². The Balaban J connectivity index is 1.16. The van der Waals surface area contributed by atoms with Gasteiger partial charge in [-0.2, -0.15) is 0 Å². The summed E-state index contributed by atoms with van der Waals surface area (Å²) >= 11 is 0. The van der Waals surface area contributed by atoms with Crippen LogP contribution in [0.4, 0.5) is 0 Å². The van der Waals surface area contributed by atoms with Crippen LogP contribution in [0.5, 0.6) is 5.75 Å². The highest BCUT2D eigenvalue weighted by atomic mass is 16.5. The van der Waals surface area contributed by atoms with Gasteiger partial charge in [-0.3, -0.25) is 14.7 Å². The summed E-state index contributed by atoms with van der Waals surface area (Å²) in [6, 6.07) is 17.7. The lowest BCUT2D eigenvalue weighted by Gasteiger charge is -2.20. The van der Waals surface area contributed by atoms with E-state index in [1.807, 2.05) is 12.3 Å². The number of pyridine rings is 1. The summed E-state index contributed by atoms with van der Waals surface area (Å²) in [7, 11) is 1.61. The number of benzene rings is 2. The molecule has 2 aromatic heterocycles. The molecular weight excluding hydrogens is 428 g/mol. The van der Waals surface area contributed by atoms with Gasteiger partial charge in [0.15, 0.2) is 0 Å². The predicted molar refractivity (Wildman–Crippen MR) is 130 cm³/mol. The Hall–Kier alpha value is -3.78. The summed E-state index contributed by atoms with van der Waals surface area (Å²) in [5.74, 6) is 2.56. The van der Waals surface area contributed by atoms with Crippen LogP contribution in [0.15, 0.2) is 60.8 Å². The van der Waals surface area contributed by atoms with Crippen molar-refractivity contribution in [2.75, 3.05) is 26.7 Å². The number of nitrogens with zero attached hydrogens (tertiary/aromatic N) is 5. The highest BCUT2D eigenvalue weighted by Gasteiger charge is 2.19. The molecule has 0 unspecified atom stereocenters. The molecule has 2 aromatic carbocycles. The number of ether oxygens (including phenoxy) is 1. The number of rotatable bonds is 7. The van der Waals surface area contributed by atoms with Crippen LogP contribution in [-0.2, 0) is 25.9 Å². The Labute approximate surface area is 198 Å². The van der Waals surface area contributed by atoms with Gasteiger partial charge >= 0.3 is 0 Å². The van der Waals surface area contributed by atoms with E-state index in [0.717, 1.165) is 60.9 Å². The number of hydrogen-bond donors (Lipinski definition) is 1. The van der Waals surface area contributed by atoms with Crippen LogP contribution in [0.2, 0.25) is 0 Å². The van der Waals surface area contributed by atoms with Crippen molar-refractivity contribution in [1.29, 1.82) is 0 Å². The molecular formula is C26H28N6O2. The molecule has 0 spiro atoms. The topological polar surface area (TPSA) is 85.2 Å². The van der Waals surface area contributed by atoms with Crippen LogP contribution in [-0.4, -0.2) is 57.3 Å². The van der Waals surface area contributed by atoms with Gasteiger partial charge in [0.25, 0.3) is 5.91 Å². The number of methoxy groups -OCH3 is 1. The van der Waals surface area contributed by atoms with Gasteiger partial charge in [-0.15, -0.1) is 10.2 Å². The summed E-state index contributed by atoms with van der Waals surface area (Å²) in [5.41, 5.74) is 2.91. The molecule has 0 aliphatic carbocycles. The Morgan fingerprint density at radius 1 is 1.06 bits per heavy atom. The second kappa shape index (κ2) is 10.0. The number of fused-ring (bicyclic) bond motifs is 2. The number of nitrogens with one attached hydrogen (secondary N) is 1. The molecule has 34 heavy (non-hydrogen) atoms. The average molecular weight is 457 g/mol. The monoisotopic (exact) mass is 456 g/mol. The molecule has 174 valence electrons. The Morgan fingerprint density at radius 3 is 2.79 bits per heavy atom. The van der Waals surface area contributed by atoms with Gasteiger partial charge in [0.05, 0.1) is 12.6 Å². The zero-order chi connectivity index (χ0) is 23.3. The minimum Gasteiger partial charge on any atom is -0.497 e. The van der Waals surface area contributed by atoms with Crippen molar-refractivity contribution in [3.63, 3.8) is 0 Å². The lowest BCUT2D eigenvalue weighted by atomic mass is 10.1. The quantitative estimate of drug-likeness (QED) is 0.460. The van der Waals surface area contributed by atoms with Gasteiger partial charge in [0.1, 0.15) is 17.4 Å². The van der Waals surface area contributed by atoms with Gasteiger partial charge in [0.2, 0.25) is 0 Å². The number of aromatic nitrogens is 4. The second-order valence-corrected chi connectivity index (χ2v) is 8.48. The van der Waals surface area contributed by atoms with Gasteiger partial charge in [-0.1, -0.05) is 18.2 Å². The fourth-order valence-corrected chi connectivity index (χ4v) is 4.37. The number of carbonyl (C=O) groups is 1. The molecule has 8 nitrogen and oxygen atoms in total. The van der Waals surface area contributed by atoms with E-state index in [4.69, 9.17) is 4.74 Å². The van der Waals surface area contributed by atoms with E-state index in [0.29, 0.717) is 18.5 Å². The zero-order valence-electron chi connectivity index (χ0n) is 19.3. The standard InChI is InChI=1S/C26H28N6O2/c1-34-22-8-6-21(7-9-22)26(33)28-13-10-24-29-30-25-11-14-31(15-16-32(24)25)18-19-4-5-20-3-2-12-27-23(20)17-19/h2-9,12,17H,10-11,13-16,18H2,1H3,(H,28,33). The number of carbonyl (C=O) groups excluding carboxylic acids is 1. The number of hydrogen-bond acceptors (Lipinski definition) is 6. The van der Waals surface area contributed by atoms with E-state index < -0.39 is 0 Å². The van der Waals surface area contributed by atoms with Crippen LogP contribution in [0, 0.1) is 0 Å². The van der Waals surface area contributed by atoms with Crippen molar-refractivity contribution < 1.29 is 9.53 Å². The Bertz CT molecular complexity index is 1280. The highest BCUT2D eigenvalue weighted by molar-refractivity contribution is 5.94. The van der Waals surface area contributed by atoms with Crippen molar-refractivity contribution in [1.82, 2.24) is 30.0 Å². The van der Waals surface area contributed by atoms with Gasteiger partial charge in [-0.05, 0) is 42.0 Å². The van der Waals surface area contributed by atoms with E-state index in [-0.39, 0.29) is 5.91 Å². The lowest BCUT2D eigenvalue weighted by Crippen LogP contribution is -2.28. The van der Waals surface area contributed by atoms with Crippen LogP contribution in [0.1, 0.15) is 27.6 Å². The SMILES string of the molecule is COc1ccc(C(=O)NCCc2nnc3n2CCN(Cc2ccc4cccnc4c2)CC3)cc1. The maximum Gasteiger partial charge on any atom is 0.251 e. The van der Waals surface area contributed by atoms with Crippen molar-refractivity contribution in [2.24, 2.45) is 0 Å². The van der Waals surface area contributed by atoms with Crippen molar-refractivity contribution in [2.45, 2.75) is 25.9 Å².